The van der Waals surface area contributed by atoms with Crippen molar-refractivity contribution in [3.8, 4) is 0 Å². The van der Waals surface area contributed by atoms with Crippen LogP contribution in [0, 0.1) is 0 Å². The molecule has 0 N–H and O–H groups in total. The van der Waals surface area contributed by atoms with Crippen LogP contribution in [0.3, 0.4) is 0 Å². The van der Waals surface area contributed by atoms with E-state index in [4.69, 9.17) is 0 Å². The summed E-state index contributed by atoms with van der Waals surface area (Å²) in [5.74, 6) is 0. The summed E-state index contributed by atoms with van der Waals surface area (Å²) in [5.41, 5.74) is 0.795. The molecule has 0 aliphatic carbocycles. The molecule has 1 rings (SSSR count). The number of hydrogen-bond acceptors (Lipinski definition) is 2. The summed E-state index contributed by atoms with van der Waals surface area (Å²) in [7, 11) is 0. The van der Waals surface area contributed by atoms with E-state index in [0.29, 0.717) is 0 Å². The molecule has 0 spiro atoms. The van der Waals surface area contributed by atoms with E-state index in [9.17, 15) is 8.76 Å². The molecule has 0 radical (unpaired) electrons. The SMILES string of the molecule is CC(C)(c1ccc(Br)cc1)S(=O)[O-]. The molecule has 0 aliphatic rings. The summed E-state index contributed by atoms with van der Waals surface area (Å²) >= 11 is 1.20. The zero-order chi connectivity index (χ0) is 10.1. The summed E-state index contributed by atoms with van der Waals surface area (Å²) in [6, 6.07) is 7.29. The molecular formula is C9H10BrO2S-. The zero-order valence-electron chi connectivity index (χ0n) is 7.41. The van der Waals surface area contributed by atoms with Gasteiger partial charge in [0, 0.05) is 4.47 Å². The van der Waals surface area contributed by atoms with Gasteiger partial charge in [0.2, 0.25) is 0 Å². The van der Waals surface area contributed by atoms with E-state index in [0.717, 1.165) is 10.0 Å². The molecule has 0 aromatic heterocycles. The lowest BCUT2D eigenvalue weighted by Crippen LogP contribution is -2.23. The third-order valence-corrected chi connectivity index (χ3v) is 3.55. The molecule has 1 aromatic carbocycles. The largest absolute Gasteiger partial charge is 0.772 e. The topological polar surface area (TPSA) is 40.1 Å². The lowest BCUT2D eigenvalue weighted by molar-refractivity contribution is 0.500. The Bertz CT molecular complexity index is 319. The molecule has 1 unspecified atom stereocenters. The monoisotopic (exact) mass is 261 g/mol. The normalized spacial score (nSPS) is 14.2. The Balaban J connectivity index is 3.08. The Morgan fingerprint density at radius 3 is 2.15 bits per heavy atom. The number of hydrogen-bond donors (Lipinski definition) is 0. The highest BCUT2D eigenvalue weighted by Gasteiger charge is 2.20. The Hall–Kier alpha value is -0.190. The van der Waals surface area contributed by atoms with Crippen molar-refractivity contribution in [3.05, 3.63) is 34.3 Å². The van der Waals surface area contributed by atoms with Gasteiger partial charge in [-0.3, -0.25) is 4.21 Å². The number of halogens is 1. The van der Waals surface area contributed by atoms with Crippen LogP contribution in [0.15, 0.2) is 28.7 Å². The van der Waals surface area contributed by atoms with Crippen molar-refractivity contribution in [2.45, 2.75) is 18.6 Å². The lowest BCUT2D eigenvalue weighted by Gasteiger charge is -2.27. The molecule has 0 aliphatic heterocycles. The Labute approximate surface area is 88.8 Å². The average Bonchev–Trinajstić information content (AvgIpc) is 2.04. The third kappa shape index (κ3) is 2.39. The predicted octanol–water partition coefficient (Wildman–Crippen LogP) is 2.56. The first-order valence-corrected chi connectivity index (χ1v) is 5.67. The average molecular weight is 262 g/mol. The van der Waals surface area contributed by atoms with Gasteiger partial charge in [-0.2, -0.15) is 0 Å². The molecule has 0 heterocycles. The quantitative estimate of drug-likeness (QED) is 0.768. The van der Waals surface area contributed by atoms with E-state index in [2.05, 4.69) is 15.9 Å². The fourth-order valence-corrected chi connectivity index (χ4v) is 1.54. The molecule has 0 bridgehead atoms. The van der Waals surface area contributed by atoms with Crippen LogP contribution in [0.1, 0.15) is 19.4 Å². The molecule has 0 saturated heterocycles. The summed E-state index contributed by atoms with van der Waals surface area (Å²) in [4.78, 5) is 0. The minimum absolute atomic E-state index is 0.795. The van der Waals surface area contributed by atoms with Gasteiger partial charge >= 0.3 is 0 Å². The molecule has 0 amide bonds. The Morgan fingerprint density at radius 2 is 1.77 bits per heavy atom. The van der Waals surface area contributed by atoms with Crippen LogP contribution in [-0.4, -0.2) is 8.76 Å². The van der Waals surface area contributed by atoms with Crippen LogP contribution in [0.2, 0.25) is 0 Å². The maximum Gasteiger partial charge on any atom is 0.0519 e. The molecule has 1 aromatic rings. The van der Waals surface area contributed by atoms with Crippen molar-refractivity contribution in [1.29, 1.82) is 0 Å². The highest BCUT2D eigenvalue weighted by molar-refractivity contribution is 9.10. The highest BCUT2D eigenvalue weighted by Crippen LogP contribution is 2.26. The van der Waals surface area contributed by atoms with E-state index in [-0.39, 0.29) is 0 Å². The van der Waals surface area contributed by atoms with Crippen LogP contribution in [0.4, 0.5) is 0 Å². The van der Waals surface area contributed by atoms with Crippen LogP contribution in [0.25, 0.3) is 0 Å². The Kier molecular flexibility index (Phi) is 3.27. The first kappa shape index (κ1) is 10.9. The van der Waals surface area contributed by atoms with E-state index >= 15 is 0 Å². The van der Waals surface area contributed by atoms with Gasteiger partial charge in [-0.1, -0.05) is 28.1 Å². The first-order chi connectivity index (χ1) is 5.94. The van der Waals surface area contributed by atoms with E-state index in [1.165, 1.54) is 0 Å². The smallest absolute Gasteiger partial charge is 0.0519 e. The number of benzene rings is 1. The van der Waals surface area contributed by atoms with Crippen molar-refractivity contribution in [2.75, 3.05) is 0 Å². The maximum absolute atomic E-state index is 10.9. The standard InChI is InChI=1S/C9H11BrO2S/c1-9(2,13(11)12)7-3-5-8(10)6-4-7/h3-6H,1-2H3,(H,11,12)/p-1. The molecule has 1 atom stereocenters. The van der Waals surface area contributed by atoms with Gasteiger partial charge < -0.3 is 4.55 Å². The molecule has 0 saturated carbocycles. The van der Waals surface area contributed by atoms with Crippen LogP contribution >= 0.6 is 15.9 Å². The van der Waals surface area contributed by atoms with Gasteiger partial charge in [-0.25, -0.2) is 0 Å². The minimum Gasteiger partial charge on any atom is -0.772 e. The maximum atomic E-state index is 10.9. The van der Waals surface area contributed by atoms with Gasteiger partial charge in [0.15, 0.2) is 0 Å². The third-order valence-electron chi connectivity index (χ3n) is 1.96. The molecule has 4 heteroatoms. The van der Waals surface area contributed by atoms with E-state index in [1.807, 2.05) is 12.1 Å². The molecule has 2 nitrogen and oxygen atoms in total. The zero-order valence-corrected chi connectivity index (χ0v) is 9.81. The van der Waals surface area contributed by atoms with Gasteiger partial charge in [0.1, 0.15) is 0 Å². The fraction of sp³-hybridized carbons (Fsp3) is 0.333. The van der Waals surface area contributed by atoms with Gasteiger partial charge in [-0.15, -0.1) is 0 Å². The lowest BCUT2D eigenvalue weighted by atomic mass is 10.0. The second-order valence-corrected chi connectivity index (χ2v) is 5.66. The summed E-state index contributed by atoms with van der Waals surface area (Å²) in [6.45, 7) is 3.36. The fourth-order valence-electron chi connectivity index (χ4n) is 0.947. The van der Waals surface area contributed by atoms with Crippen LogP contribution in [-0.2, 0) is 15.8 Å². The summed E-state index contributed by atoms with van der Waals surface area (Å²) in [5, 5.41) is 0. The van der Waals surface area contributed by atoms with Crippen molar-refractivity contribution >= 4 is 27.0 Å². The second kappa shape index (κ2) is 3.90. The van der Waals surface area contributed by atoms with E-state index < -0.39 is 15.8 Å². The molecular weight excluding hydrogens is 252 g/mol. The van der Waals surface area contributed by atoms with Crippen LogP contribution in [0.5, 0.6) is 0 Å². The second-order valence-electron chi connectivity index (χ2n) is 3.25. The highest BCUT2D eigenvalue weighted by atomic mass is 79.9. The molecule has 0 fully saturated rings. The summed E-state index contributed by atoms with van der Waals surface area (Å²) in [6.07, 6.45) is 0. The Morgan fingerprint density at radius 1 is 1.31 bits per heavy atom. The van der Waals surface area contributed by atoms with Crippen molar-refractivity contribution in [2.24, 2.45) is 0 Å². The van der Waals surface area contributed by atoms with E-state index in [1.54, 1.807) is 26.0 Å². The number of rotatable bonds is 2. The van der Waals surface area contributed by atoms with Crippen molar-refractivity contribution < 1.29 is 8.76 Å². The van der Waals surface area contributed by atoms with Gasteiger partial charge in [0.25, 0.3) is 0 Å². The molecule has 13 heavy (non-hydrogen) atoms. The summed E-state index contributed by atoms with van der Waals surface area (Å²) < 4.78 is 21.9. The van der Waals surface area contributed by atoms with Crippen molar-refractivity contribution in [1.82, 2.24) is 0 Å². The predicted molar refractivity (Wildman–Crippen MR) is 56.1 cm³/mol. The van der Waals surface area contributed by atoms with Gasteiger partial charge in [-0.05, 0) is 42.6 Å². The van der Waals surface area contributed by atoms with Gasteiger partial charge in [0.05, 0.1) is 4.75 Å². The first-order valence-electron chi connectivity index (χ1n) is 3.80. The van der Waals surface area contributed by atoms with Crippen LogP contribution < -0.4 is 0 Å². The van der Waals surface area contributed by atoms with Crippen molar-refractivity contribution in [3.63, 3.8) is 0 Å². The molecule has 72 valence electrons. The minimum atomic E-state index is -2.10.